The number of hydrogen-bond acceptors (Lipinski definition) is 4. The molecule has 0 bridgehead atoms. The Labute approximate surface area is 191 Å². The lowest BCUT2D eigenvalue weighted by molar-refractivity contribution is -0.133. The van der Waals surface area contributed by atoms with Gasteiger partial charge in [-0.15, -0.1) is 0 Å². The van der Waals surface area contributed by atoms with Crippen molar-refractivity contribution in [1.29, 1.82) is 0 Å². The standard InChI is InChI=1S/C22H25ClN4O4S/c1-2-11-26-18-8-4-5-9-19(18)27(22(26)29)16-21(28)24-12-14-25(15-13-24)32(30,31)20-10-6-3-7-17(20)23/h3-10H,2,11-16H2,1H3. The van der Waals surface area contributed by atoms with Crippen LogP contribution in [0.3, 0.4) is 0 Å². The van der Waals surface area contributed by atoms with Crippen LogP contribution in [0.2, 0.25) is 5.02 Å². The topological polar surface area (TPSA) is 84.6 Å². The summed E-state index contributed by atoms with van der Waals surface area (Å²) in [4.78, 5) is 27.6. The van der Waals surface area contributed by atoms with Gasteiger partial charge in [0.1, 0.15) is 11.4 Å². The predicted molar refractivity (Wildman–Crippen MR) is 123 cm³/mol. The van der Waals surface area contributed by atoms with E-state index in [4.69, 9.17) is 11.6 Å². The first-order valence-corrected chi connectivity index (χ1v) is 12.4. The molecule has 2 aromatic carbocycles. The van der Waals surface area contributed by atoms with Crippen LogP contribution in [0.15, 0.2) is 58.2 Å². The lowest BCUT2D eigenvalue weighted by Gasteiger charge is -2.34. The molecule has 0 saturated carbocycles. The van der Waals surface area contributed by atoms with Crippen molar-refractivity contribution in [1.82, 2.24) is 18.3 Å². The molecule has 3 aromatic rings. The molecule has 0 unspecified atom stereocenters. The maximum atomic E-state index is 13.0. The molecular formula is C22H25ClN4O4S. The Hall–Kier alpha value is -2.62. The summed E-state index contributed by atoms with van der Waals surface area (Å²) in [6.45, 7) is 3.36. The van der Waals surface area contributed by atoms with Gasteiger partial charge >= 0.3 is 5.69 Å². The Morgan fingerprint density at radius 2 is 1.53 bits per heavy atom. The number of carbonyl (C=O) groups is 1. The number of hydrogen-bond donors (Lipinski definition) is 0. The number of fused-ring (bicyclic) bond motifs is 1. The van der Waals surface area contributed by atoms with Gasteiger partial charge in [0.25, 0.3) is 0 Å². The van der Waals surface area contributed by atoms with Gasteiger partial charge in [-0.05, 0) is 30.7 Å². The molecule has 1 aromatic heterocycles. The lowest BCUT2D eigenvalue weighted by atomic mass is 10.3. The van der Waals surface area contributed by atoms with Crippen LogP contribution in [-0.4, -0.2) is 58.8 Å². The van der Waals surface area contributed by atoms with E-state index in [9.17, 15) is 18.0 Å². The molecule has 1 amide bonds. The fourth-order valence-electron chi connectivity index (χ4n) is 4.07. The first kappa shape index (κ1) is 22.6. The molecule has 0 atom stereocenters. The van der Waals surface area contributed by atoms with Gasteiger partial charge in [-0.25, -0.2) is 13.2 Å². The number of nitrogens with zero attached hydrogens (tertiary/aromatic N) is 4. The van der Waals surface area contributed by atoms with Crippen molar-refractivity contribution >= 4 is 38.6 Å². The fourth-order valence-corrected chi connectivity index (χ4v) is 5.99. The average molecular weight is 477 g/mol. The molecule has 4 rings (SSSR count). The molecular weight excluding hydrogens is 452 g/mol. The fraction of sp³-hybridized carbons (Fsp3) is 0.364. The van der Waals surface area contributed by atoms with E-state index in [0.29, 0.717) is 6.54 Å². The predicted octanol–water partition coefficient (Wildman–Crippen LogP) is 2.40. The van der Waals surface area contributed by atoms with E-state index < -0.39 is 10.0 Å². The minimum Gasteiger partial charge on any atom is -0.338 e. The van der Waals surface area contributed by atoms with Crippen LogP contribution < -0.4 is 5.69 Å². The SMILES string of the molecule is CCCn1c(=O)n(CC(=O)N2CCN(S(=O)(=O)c3ccccc3Cl)CC2)c2ccccc21. The Morgan fingerprint density at radius 3 is 2.16 bits per heavy atom. The van der Waals surface area contributed by atoms with Crippen LogP contribution >= 0.6 is 11.6 Å². The summed E-state index contributed by atoms with van der Waals surface area (Å²) in [5.41, 5.74) is 1.32. The number of amides is 1. The quantitative estimate of drug-likeness (QED) is 0.546. The Balaban J connectivity index is 1.49. The van der Waals surface area contributed by atoms with E-state index in [2.05, 4.69) is 0 Å². The number of aromatic nitrogens is 2. The Morgan fingerprint density at radius 1 is 0.938 bits per heavy atom. The van der Waals surface area contributed by atoms with Crippen LogP contribution in [-0.2, 0) is 27.9 Å². The van der Waals surface area contributed by atoms with Gasteiger partial charge in [0.15, 0.2) is 0 Å². The highest BCUT2D eigenvalue weighted by Crippen LogP contribution is 2.25. The van der Waals surface area contributed by atoms with E-state index in [1.807, 2.05) is 31.2 Å². The monoisotopic (exact) mass is 476 g/mol. The molecule has 8 nitrogen and oxygen atoms in total. The summed E-state index contributed by atoms with van der Waals surface area (Å²) >= 11 is 6.08. The van der Waals surface area contributed by atoms with Gasteiger partial charge in [0.2, 0.25) is 15.9 Å². The molecule has 10 heteroatoms. The maximum Gasteiger partial charge on any atom is 0.329 e. The number of benzene rings is 2. The lowest BCUT2D eigenvalue weighted by Crippen LogP contribution is -2.51. The van der Waals surface area contributed by atoms with Gasteiger partial charge in [-0.1, -0.05) is 42.8 Å². The number of sulfonamides is 1. The minimum absolute atomic E-state index is 0.0664. The first-order chi connectivity index (χ1) is 15.3. The average Bonchev–Trinajstić information content (AvgIpc) is 3.05. The van der Waals surface area contributed by atoms with Crippen LogP contribution in [0.4, 0.5) is 0 Å². The largest absolute Gasteiger partial charge is 0.338 e. The van der Waals surface area contributed by atoms with E-state index >= 15 is 0 Å². The summed E-state index contributed by atoms with van der Waals surface area (Å²) in [6, 6.07) is 13.8. The third-order valence-electron chi connectivity index (χ3n) is 5.71. The van der Waals surface area contributed by atoms with Gasteiger partial charge in [-0.3, -0.25) is 13.9 Å². The summed E-state index contributed by atoms with van der Waals surface area (Å²) < 4.78 is 30.4. The van der Waals surface area contributed by atoms with Crippen molar-refractivity contribution in [3.63, 3.8) is 0 Å². The Bertz CT molecular complexity index is 1310. The molecule has 170 valence electrons. The molecule has 2 heterocycles. The van der Waals surface area contributed by atoms with Crippen molar-refractivity contribution in [3.05, 3.63) is 64.0 Å². The number of aryl methyl sites for hydroxylation is 1. The van der Waals surface area contributed by atoms with E-state index in [1.165, 1.54) is 14.9 Å². The second kappa shape index (κ2) is 9.09. The van der Waals surface area contributed by atoms with Gasteiger partial charge in [0.05, 0.1) is 16.1 Å². The molecule has 0 radical (unpaired) electrons. The van der Waals surface area contributed by atoms with Crippen molar-refractivity contribution < 1.29 is 13.2 Å². The van der Waals surface area contributed by atoms with Crippen LogP contribution in [0.25, 0.3) is 11.0 Å². The van der Waals surface area contributed by atoms with Gasteiger partial charge in [0, 0.05) is 32.7 Å². The third kappa shape index (κ3) is 4.07. The molecule has 1 fully saturated rings. The highest BCUT2D eigenvalue weighted by atomic mass is 35.5. The smallest absolute Gasteiger partial charge is 0.329 e. The maximum absolute atomic E-state index is 13.0. The number of imidazole rings is 1. The van der Waals surface area contributed by atoms with Crippen molar-refractivity contribution in [2.75, 3.05) is 26.2 Å². The highest BCUT2D eigenvalue weighted by molar-refractivity contribution is 7.89. The number of halogens is 1. The molecule has 1 aliphatic heterocycles. The normalized spacial score (nSPS) is 15.4. The molecule has 1 aliphatic rings. The second-order valence-corrected chi connectivity index (χ2v) is 10.0. The summed E-state index contributed by atoms with van der Waals surface area (Å²) in [5, 5.41) is 0.175. The molecule has 1 saturated heterocycles. The first-order valence-electron chi connectivity index (χ1n) is 10.5. The van der Waals surface area contributed by atoms with Crippen molar-refractivity contribution in [2.24, 2.45) is 0 Å². The van der Waals surface area contributed by atoms with Crippen molar-refractivity contribution in [2.45, 2.75) is 31.3 Å². The summed E-state index contributed by atoms with van der Waals surface area (Å²) in [5.74, 6) is -0.207. The van der Waals surface area contributed by atoms with Crippen LogP contribution in [0.1, 0.15) is 13.3 Å². The zero-order valence-corrected chi connectivity index (χ0v) is 19.3. The molecule has 0 N–H and O–H groups in total. The molecule has 0 spiro atoms. The van der Waals surface area contributed by atoms with Crippen LogP contribution in [0.5, 0.6) is 0 Å². The van der Waals surface area contributed by atoms with Crippen LogP contribution in [0, 0.1) is 0 Å². The third-order valence-corrected chi connectivity index (χ3v) is 8.11. The summed E-state index contributed by atoms with van der Waals surface area (Å²) in [6.07, 6.45) is 0.809. The highest BCUT2D eigenvalue weighted by Gasteiger charge is 2.31. The van der Waals surface area contributed by atoms with E-state index in [0.717, 1.165) is 17.5 Å². The van der Waals surface area contributed by atoms with Gasteiger partial charge in [-0.2, -0.15) is 4.31 Å². The summed E-state index contributed by atoms with van der Waals surface area (Å²) in [7, 11) is -3.73. The number of rotatable bonds is 6. The van der Waals surface area contributed by atoms with E-state index in [1.54, 1.807) is 27.7 Å². The zero-order valence-electron chi connectivity index (χ0n) is 17.8. The Kier molecular flexibility index (Phi) is 6.41. The van der Waals surface area contributed by atoms with Gasteiger partial charge < -0.3 is 4.90 Å². The minimum atomic E-state index is -3.73. The number of para-hydroxylation sites is 2. The van der Waals surface area contributed by atoms with Crippen molar-refractivity contribution in [3.8, 4) is 0 Å². The number of piperazine rings is 1. The van der Waals surface area contributed by atoms with E-state index in [-0.39, 0.29) is 54.2 Å². The number of carbonyl (C=O) groups excluding carboxylic acids is 1. The molecule has 32 heavy (non-hydrogen) atoms. The molecule has 0 aliphatic carbocycles. The second-order valence-electron chi connectivity index (χ2n) is 7.72. The zero-order chi connectivity index (χ0) is 22.9.